The number of aromatic nitrogens is 3. The van der Waals surface area contributed by atoms with E-state index in [9.17, 15) is 4.79 Å². The van der Waals surface area contributed by atoms with Gasteiger partial charge in [-0.25, -0.2) is 4.98 Å². The molecule has 1 aromatic heterocycles. The van der Waals surface area contributed by atoms with Crippen molar-refractivity contribution in [2.45, 2.75) is 32.6 Å². The monoisotopic (exact) mass is 208 g/mol. The molecule has 1 aliphatic carbocycles. The molecule has 1 aromatic rings. The van der Waals surface area contributed by atoms with Crippen molar-refractivity contribution >= 4 is 5.91 Å². The minimum absolute atomic E-state index is 0.185. The van der Waals surface area contributed by atoms with E-state index in [2.05, 4.69) is 20.5 Å². The van der Waals surface area contributed by atoms with E-state index in [1.54, 1.807) is 6.92 Å². The second-order valence-electron chi connectivity index (χ2n) is 4.09. The van der Waals surface area contributed by atoms with Gasteiger partial charge in [0.2, 0.25) is 5.82 Å². The van der Waals surface area contributed by atoms with Crippen molar-refractivity contribution in [3.05, 3.63) is 11.6 Å². The molecule has 1 amide bonds. The highest BCUT2D eigenvalue weighted by atomic mass is 16.2. The van der Waals surface area contributed by atoms with E-state index in [0.29, 0.717) is 5.82 Å². The Hall–Kier alpha value is -1.39. The fourth-order valence-corrected chi connectivity index (χ4v) is 1.52. The predicted molar refractivity (Wildman–Crippen MR) is 55.4 cm³/mol. The van der Waals surface area contributed by atoms with Crippen molar-refractivity contribution in [1.82, 2.24) is 20.5 Å². The normalized spacial score (nSPS) is 15.3. The van der Waals surface area contributed by atoms with Gasteiger partial charge in [0.25, 0.3) is 5.91 Å². The van der Waals surface area contributed by atoms with E-state index in [1.165, 1.54) is 19.3 Å². The van der Waals surface area contributed by atoms with Crippen LogP contribution in [0.4, 0.5) is 0 Å². The van der Waals surface area contributed by atoms with E-state index in [4.69, 9.17) is 0 Å². The number of aromatic amines is 1. The lowest BCUT2D eigenvalue weighted by Gasteiger charge is -2.01. The maximum atomic E-state index is 11.5. The topological polar surface area (TPSA) is 70.7 Å². The third-order valence-corrected chi connectivity index (χ3v) is 2.57. The van der Waals surface area contributed by atoms with Crippen LogP contribution in [0, 0.1) is 12.8 Å². The SMILES string of the molecule is Cc1nc(C(=O)NCCCC2CC2)n[nH]1. The molecular formula is C10H16N4O. The summed E-state index contributed by atoms with van der Waals surface area (Å²) in [5.74, 6) is 1.64. The number of carbonyl (C=O) groups is 1. The van der Waals surface area contributed by atoms with Gasteiger partial charge in [0.15, 0.2) is 0 Å². The van der Waals surface area contributed by atoms with Crippen LogP contribution in [0.25, 0.3) is 0 Å². The third kappa shape index (κ3) is 3.04. The Balaban J connectivity index is 1.67. The molecule has 5 nitrogen and oxygen atoms in total. The summed E-state index contributed by atoms with van der Waals surface area (Å²) in [6, 6.07) is 0. The lowest BCUT2D eigenvalue weighted by molar-refractivity contribution is 0.0943. The molecule has 5 heteroatoms. The summed E-state index contributed by atoms with van der Waals surface area (Å²) in [6.07, 6.45) is 5.02. The highest BCUT2D eigenvalue weighted by Crippen LogP contribution is 2.33. The van der Waals surface area contributed by atoms with Gasteiger partial charge in [-0.05, 0) is 25.7 Å². The smallest absolute Gasteiger partial charge is 0.290 e. The lowest BCUT2D eigenvalue weighted by atomic mass is 10.2. The molecule has 0 atom stereocenters. The molecule has 1 fully saturated rings. The molecule has 1 aliphatic rings. The fraction of sp³-hybridized carbons (Fsp3) is 0.700. The van der Waals surface area contributed by atoms with Gasteiger partial charge in [0.05, 0.1) is 0 Å². The predicted octanol–water partition coefficient (Wildman–Crippen LogP) is 1.03. The van der Waals surface area contributed by atoms with Gasteiger partial charge in [-0.3, -0.25) is 9.89 Å². The standard InChI is InChI=1S/C10H16N4O/c1-7-12-9(14-13-7)10(15)11-6-2-3-8-4-5-8/h8H,2-6H2,1H3,(H,11,15)(H,12,13,14). The zero-order valence-corrected chi connectivity index (χ0v) is 8.92. The van der Waals surface area contributed by atoms with Crippen LogP contribution in [0.2, 0.25) is 0 Å². The van der Waals surface area contributed by atoms with Crippen LogP contribution < -0.4 is 5.32 Å². The van der Waals surface area contributed by atoms with Crippen molar-refractivity contribution in [1.29, 1.82) is 0 Å². The second kappa shape index (κ2) is 4.42. The summed E-state index contributed by atoms with van der Waals surface area (Å²) >= 11 is 0. The van der Waals surface area contributed by atoms with E-state index < -0.39 is 0 Å². The van der Waals surface area contributed by atoms with Crippen LogP contribution in [0.15, 0.2) is 0 Å². The summed E-state index contributed by atoms with van der Waals surface area (Å²) in [7, 11) is 0. The zero-order chi connectivity index (χ0) is 10.7. The summed E-state index contributed by atoms with van der Waals surface area (Å²) in [5.41, 5.74) is 0. The van der Waals surface area contributed by atoms with Crippen molar-refractivity contribution in [2.75, 3.05) is 6.54 Å². The molecule has 1 saturated carbocycles. The quantitative estimate of drug-likeness (QED) is 0.710. The van der Waals surface area contributed by atoms with Crippen LogP contribution in [-0.4, -0.2) is 27.6 Å². The molecule has 0 bridgehead atoms. The first-order valence-corrected chi connectivity index (χ1v) is 5.43. The summed E-state index contributed by atoms with van der Waals surface area (Å²) in [5, 5.41) is 9.25. The average Bonchev–Trinajstić information content (AvgIpc) is 2.94. The Labute approximate surface area is 88.7 Å². The van der Waals surface area contributed by atoms with Gasteiger partial charge in [-0.15, -0.1) is 5.10 Å². The van der Waals surface area contributed by atoms with E-state index >= 15 is 0 Å². The number of rotatable bonds is 5. The average molecular weight is 208 g/mol. The summed E-state index contributed by atoms with van der Waals surface area (Å²) in [4.78, 5) is 15.4. The second-order valence-corrected chi connectivity index (χ2v) is 4.09. The number of nitrogens with one attached hydrogen (secondary N) is 2. The number of carbonyl (C=O) groups excluding carboxylic acids is 1. The number of amides is 1. The van der Waals surface area contributed by atoms with Crippen molar-refractivity contribution in [3.8, 4) is 0 Å². The molecule has 0 unspecified atom stereocenters. The van der Waals surface area contributed by atoms with Crippen LogP contribution in [0.1, 0.15) is 42.1 Å². The minimum Gasteiger partial charge on any atom is -0.349 e. The minimum atomic E-state index is -0.185. The maximum absolute atomic E-state index is 11.5. The number of H-pyrrole nitrogens is 1. The van der Waals surface area contributed by atoms with Crippen LogP contribution in [0.5, 0.6) is 0 Å². The van der Waals surface area contributed by atoms with Gasteiger partial charge >= 0.3 is 0 Å². The van der Waals surface area contributed by atoms with Crippen molar-refractivity contribution in [3.63, 3.8) is 0 Å². The number of hydrogen-bond acceptors (Lipinski definition) is 3. The molecular weight excluding hydrogens is 192 g/mol. The first-order valence-electron chi connectivity index (χ1n) is 5.43. The molecule has 1 heterocycles. The van der Waals surface area contributed by atoms with Crippen molar-refractivity contribution < 1.29 is 4.79 Å². The Bertz CT molecular complexity index is 343. The maximum Gasteiger partial charge on any atom is 0.290 e. The first kappa shape index (κ1) is 10.1. The molecule has 82 valence electrons. The largest absolute Gasteiger partial charge is 0.349 e. The molecule has 0 spiro atoms. The van der Waals surface area contributed by atoms with Crippen molar-refractivity contribution in [2.24, 2.45) is 5.92 Å². The Kier molecular flexibility index (Phi) is 2.99. The first-order chi connectivity index (χ1) is 7.25. The summed E-state index contributed by atoms with van der Waals surface area (Å²) < 4.78 is 0. The van der Waals surface area contributed by atoms with Gasteiger partial charge in [-0.2, -0.15) is 0 Å². The highest BCUT2D eigenvalue weighted by molar-refractivity contribution is 5.90. The van der Waals surface area contributed by atoms with E-state index in [1.807, 2.05) is 0 Å². The Morgan fingerprint density at radius 3 is 3.00 bits per heavy atom. The third-order valence-electron chi connectivity index (χ3n) is 2.57. The van der Waals surface area contributed by atoms with Gasteiger partial charge < -0.3 is 5.32 Å². The summed E-state index contributed by atoms with van der Waals surface area (Å²) in [6.45, 7) is 2.50. The van der Waals surface area contributed by atoms with Gasteiger partial charge in [0, 0.05) is 6.54 Å². The molecule has 15 heavy (non-hydrogen) atoms. The molecule has 0 radical (unpaired) electrons. The van der Waals surface area contributed by atoms with Gasteiger partial charge in [-0.1, -0.05) is 12.8 Å². The molecule has 0 aromatic carbocycles. The Morgan fingerprint density at radius 1 is 1.60 bits per heavy atom. The number of aryl methyl sites for hydroxylation is 1. The van der Waals surface area contributed by atoms with Crippen LogP contribution >= 0.6 is 0 Å². The van der Waals surface area contributed by atoms with E-state index in [-0.39, 0.29) is 11.7 Å². The van der Waals surface area contributed by atoms with E-state index in [0.717, 1.165) is 18.9 Å². The molecule has 2 rings (SSSR count). The molecule has 0 aliphatic heterocycles. The zero-order valence-electron chi connectivity index (χ0n) is 8.92. The van der Waals surface area contributed by atoms with Gasteiger partial charge in [0.1, 0.15) is 5.82 Å². The van der Waals surface area contributed by atoms with Crippen LogP contribution in [-0.2, 0) is 0 Å². The van der Waals surface area contributed by atoms with Crippen LogP contribution in [0.3, 0.4) is 0 Å². The lowest BCUT2D eigenvalue weighted by Crippen LogP contribution is -2.25. The number of nitrogens with zero attached hydrogens (tertiary/aromatic N) is 2. The Morgan fingerprint density at radius 2 is 2.40 bits per heavy atom. The highest BCUT2D eigenvalue weighted by Gasteiger charge is 2.20. The molecule has 0 saturated heterocycles. The fourth-order valence-electron chi connectivity index (χ4n) is 1.52. The number of hydrogen-bond donors (Lipinski definition) is 2. The molecule has 2 N–H and O–H groups in total.